The van der Waals surface area contributed by atoms with Gasteiger partial charge in [-0.1, -0.05) is 30.0 Å². The van der Waals surface area contributed by atoms with Crippen LogP contribution in [0.1, 0.15) is 5.56 Å². The second-order valence-corrected chi connectivity index (χ2v) is 6.15. The highest BCUT2D eigenvalue weighted by Gasteiger charge is 2.27. The van der Waals surface area contributed by atoms with E-state index in [-0.39, 0.29) is 18.4 Å². The van der Waals surface area contributed by atoms with Gasteiger partial charge in [0.1, 0.15) is 17.3 Å². The third-order valence-electron chi connectivity index (χ3n) is 3.65. The molecule has 0 saturated heterocycles. The van der Waals surface area contributed by atoms with Crippen LogP contribution in [-0.4, -0.2) is 36.2 Å². The molecule has 1 aliphatic rings. The van der Waals surface area contributed by atoms with Gasteiger partial charge in [-0.3, -0.25) is 14.5 Å². The highest BCUT2D eigenvalue weighted by atomic mass is 32.2. The molecular formula is C17H17N3O3S. The van der Waals surface area contributed by atoms with Crippen molar-refractivity contribution in [1.29, 1.82) is 0 Å². The minimum Gasteiger partial charge on any atom is -0.496 e. The lowest BCUT2D eigenvalue weighted by molar-refractivity contribution is -0.123. The number of hydrogen-bond donors (Lipinski definition) is 1. The number of hydrogen-bond acceptors (Lipinski definition) is 5. The molecule has 24 heavy (non-hydrogen) atoms. The predicted molar refractivity (Wildman–Crippen MR) is 92.2 cm³/mol. The van der Waals surface area contributed by atoms with Crippen LogP contribution in [0.15, 0.2) is 47.6 Å². The quantitative estimate of drug-likeness (QED) is 0.897. The first-order valence-corrected chi connectivity index (χ1v) is 8.44. The van der Waals surface area contributed by atoms with Gasteiger partial charge in [0.25, 0.3) is 0 Å². The number of fused-ring (bicyclic) bond motifs is 1. The standard InChI is InChI=1S/C17H17N3O3S/c1-23-14-7-3-2-5-12(14)9-19-15(21)10-20-13-6-4-8-18-17(13)24-11-16(20)22/h2-8H,9-11H2,1H3,(H,19,21). The SMILES string of the molecule is COc1ccccc1CNC(=O)CN1C(=O)CSc2ncccc21. The number of benzene rings is 1. The first-order chi connectivity index (χ1) is 11.7. The molecule has 0 spiro atoms. The number of nitrogens with one attached hydrogen (secondary N) is 1. The van der Waals surface area contributed by atoms with E-state index in [1.807, 2.05) is 24.3 Å². The molecule has 0 aliphatic carbocycles. The monoisotopic (exact) mass is 343 g/mol. The fourth-order valence-electron chi connectivity index (χ4n) is 2.46. The van der Waals surface area contributed by atoms with Crippen molar-refractivity contribution in [2.24, 2.45) is 0 Å². The fourth-order valence-corrected chi connectivity index (χ4v) is 3.33. The van der Waals surface area contributed by atoms with Crippen molar-refractivity contribution < 1.29 is 14.3 Å². The highest BCUT2D eigenvalue weighted by molar-refractivity contribution is 8.00. The van der Waals surface area contributed by atoms with Crippen molar-refractivity contribution in [2.75, 3.05) is 24.3 Å². The first kappa shape index (κ1) is 16.3. The second-order valence-electron chi connectivity index (χ2n) is 5.18. The Morgan fingerprint density at radius 1 is 1.33 bits per heavy atom. The van der Waals surface area contributed by atoms with Crippen LogP contribution in [0.3, 0.4) is 0 Å². The average molecular weight is 343 g/mol. The van der Waals surface area contributed by atoms with Crippen LogP contribution in [0.25, 0.3) is 0 Å². The van der Waals surface area contributed by atoms with E-state index in [0.717, 1.165) is 16.3 Å². The van der Waals surface area contributed by atoms with Crippen LogP contribution < -0.4 is 15.0 Å². The van der Waals surface area contributed by atoms with Crippen molar-refractivity contribution in [2.45, 2.75) is 11.6 Å². The molecule has 2 heterocycles. The molecule has 0 radical (unpaired) electrons. The summed E-state index contributed by atoms with van der Waals surface area (Å²) in [5.41, 5.74) is 1.57. The Kier molecular flexibility index (Phi) is 5.00. The summed E-state index contributed by atoms with van der Waals surface area (Å²) < 4.78 is 5.26. The maximum Gasteiger partial charge on any atom is 0.240 e. The van der Waals surface area contributed by atoms with Gasteiger partial charge in [-0.15, -0.1) is 0 Å². The number of carbonyl (C=O) groups is 2. The van der Waals surface area contributed by atoms with Crippen LogP contribution in [0.5, 0.6) is 5.75 Å². The largest absolute Gasteiger partial charge is 0.496 e. The zero-order valence-corrected chi connectivity index (χ0v) is 14.0. The van der Waals surface area contributed by atoms with Gasteiger partial charge in [-0.25, -0.2) is 4.98 Å². The van der Waals surface area contributed by atoms with Gasteiger partial charge in [0.15, 0.2) is 0 Å². The maximum absolute atomic E-state index is 12.3. The van der Waals surface area contributed by atoms with Gasteiger partial charge >= 0.3 is 0 Å². The second kappa shape index (κ2) is 7.35. The molecule has 1 aliphatic heterocycles. The maximum atomic E-state index is 12.3. The topological polar surface area (TPSA) is 71.5 Å². The van der Waals surface area contributed by atoms with Crippen LogP contribution in [0.4, 0.5) is 5.69 Å². The Morgan fingerprint density at radius 3 is 3.00 bits per heavy atom. The number of ether oxygens (including phenoxy) is 1. The number of carbonyl (C=O) groups excluding carboxylic acids is 2. The number of pyridine rings is 1. The van der Waals surface area contributed by atoms with E-state index in [2.05, 4.69) is 10.3 Å². The molecule has 0 fully saturated rings. The molecule has 124 valence electrons. The molecule has 0 saturated carbocycles. The number of thioether (sulfide) groups is 1. The lowest BCUT2D eigenvalue weighted by Crippen LogP contribution is -2.43. The number of anilines is 1. The molecule has 1 aromatic carbocycles. The van der Waals surface area contributed by atoms with E-state index in [0.29, 0.717) is 18.0 Å². The van der Waals surface area contributed by atoms with Gasteiger partial charge in [-0.2, -0.15) is 0 Å². The van der Waals surface area contributed by atoms with E-state index in [1.54, 1.807) is 25.4 Å². The third kappa shape index (κ3) is 3.51. The number of amides is 2. The number of aromatic nitrogens is 1. The predicted octanol–water partition coefficient (Wildman–Crippen LogP) is 1.85. The Bertz CT molecular complexity index is 766. The van der Waals surface area contributed by atoms with E-state index in [1.165, 1.54) is 16.7 Å². The molecule has 3 rings (SSSR count). The van der Waals surface area contributed by atoms with Crippen LogP contribution in [0.2, 0.25) is 0 Å². The Morgan fingerprint density at radius 2 is 2.17 bits per heavy atom. The minimum absolute atomic E-state index is 0.0206. The number of methoxy groups -OCH3 is 1. The zero-order chi connectivity index (χ0) is 16.9. The van der Waals surface area contributed by atoms with Crippen molar-refractivity contribution in [3.63, 3.8) is 0 Å². The summed E-state index contributed by atoms with van der Waals surface area (Å²) in [5, 5.41) is 3.61. The fraction of sp³-hybridized carbons (Fsp3) is 0.235. The van der Waals surface area contributed by atoms with Gasteiger partial charge < -0.3 is 10.1 Å². The molecule has 0 unspecified atom stereocenters. The van der Waals surface area contributed by atoms with E-state index in [9.17, 15) is 9.59 Å². The smallest absolute Gasteiger partial charge is 0.240 e. The van der Waals surface area contributed by atoms with Crippen LogP contribution >= 0.6 is 11.8 Å². The summed E-state index contributed by atoms with van der Waals surface area (Å²) in [4.78, 5) is 30.1. The van der Waals surface area contributed by atoms with E-state index < -0.39 is 0 Å². The van der Waals surface area contributed by atoms with Gasteiger partial charge in [-0.05, 0) is 18.2 Å². The summed E-state index contributed by atoms with van der Waals surface area (Å²) in [7, 11) is 1.59. The average Bonchev–Trinajstić information content (AvgIpc) is 2.62. The van der Waals surface area contributed by atoms with Crippen LogP contribution in [0, 0.1) is 0 Å². The van der Waals surface area contributed by atoms with Gasteiger partial charge in [0.2, 0.25) is 11.8 Å². The lowest BCUT2D eigenvalue weighted by Gasteiger charge is -2.27. The molecule has 2 amide bonds. The first-order valence-electron chi connectivity index (χ1n) is 7.46. The molecule has 0 bridgehead atoms. The Balaban J connectivity index is 1.66. The molecule has 7 heteroatoms. The van der Waals surface area contributed by atoms with Gasteiger partial charge in [0.05, 0.1) is 18.6 Å². The number of rotatable bonds is 5. The summed E-state index contributed by atoms with van der Waals surface area (Å²) in [6.07, 6.45) is 1.68. The summed E-state index contributed by atoms with van der Waals surface area (Å²) >= 11 is 1.39. The molecule has 6 nitrogen and oxygen atoms in total. The lowest BCUT2D eigenvalue weighted by atomic mass is 10.2. The minimum atomic E-state index is -0.226. The Hall–Kier alpha value is -2.54. The normalized spacial score (nSPS) is 13.4. The van der Waals surface area contributed by atoms with Gasteiger partial charge in [0, 0.05) is 18.3 Å². The van der Waals surface area contributed by atoms with Crippen LogP contribution in [-0.2, 0) is 16.1 Å². The van der Waals surface area contributed by atoms with E-state index >= 15 is 0 Å². The van der Waals surface area contributed by atoms with Crippen molar-refractivity contribution in [1.82, 2.24) is 10.3 Å². The number of nitrogens with zero attached hydrogens (tertiary/aromatic N) is 2. The van der Waals surface area contributed by atoms with Crippen molar-refractivity contribution >= 4 is 29.3 Å². The molecule has 2 aromatic rings. The summed E-state index contributed by atoms with van der Waals surface area (Å²) in [5.74, 6) is 0.700. The van der Waals surface area contributed by atoms with Crippen molar-refractivity contribution in [3.05, 3.63) is 48.2 Å². The van der Waals surface area contributed by atoms with E-state index in [4.69, 9.17) is 4.74 Å². The molecule has 1 N–H and O–H groups in total. The summed E-state index contributed by atoms with van der Waals surface area (Å²) in [6.45, 7) is 0.326. The Labute approximate surface area is 144 Å². The molecule has 0 atom stereocenters. The third-order valence-corrected chi connectivity index (χ3v) is 4.62. The van der Waals surface area contributed by atoms with Crippen molar-refractivity contribution in [3.8, 4) is 5.75 Å². The summed E-state index contributed by atoms with van der Waals surface area (Å²) in [6, 6.07) is 11.1. The molecular weight excluding hydrogens is 326 g/mol. The highest BCUT2D eigenvalue weighted by Crippen LogP contribution is 2.32. The molecule has 1 aromatic heterocycles. The zero-order valence-electron chi connectivity index (χ0n) is 13.2. The number of para-hydroxylation sites is 1.